The van der Waals surface area contributed by atoms with Crippen molar-refractivity contribution in [3.8, 4) is 17.2 Å². The maximum atomic E-state index is 12.6. The Kier molecular flexibility index (Phi) is 8.88. The molecule has 2 N–H and O–H groups in total. The van der Waals surface area contributed by atoms with Crippen LogP contribution in [0.4, 0.5) is 5.69 Å². The second-order valence-electron chi connectivity index (χ2n) is 7.15. The summed E-state index contributed by atoms with van der Waals surface area (Å²) in [5, 5.41) is 6.66. The van der Waals surface area contributed by atoms with Crippen molar-refractivity contribution in [3.63, 3.8) is 0 Å². The molecule has 2 amide bonds. The molecule has 11 heteroatoms. The second-order valence-corrected chi connectivity index (χ2v) is 7.93. The fraction of sp³-hybridized carbons (Fsp3) is 0.120. The zero-order chi connectivity index (χ0) is 26.2. The minimum absolute atomic E-state index is 0.110. The Morgan fingerprint density at radius 1 is 0.833 bits per heavy atom. The van der Waals surface area contributed by atoms with Crippen LogP contribution in [0.5, 0.6) is 17.2 Å². The number of hydrogen-bond donors (Lipinski definition) is 2. The molecule has 186 valence electrons. The van der Waals surface area contributed by atoms with E-state index < -0.39 is 17.8 Å². The average molecular weight is 530 g/mol. The van der Waals surface area contributed by atoms with Gasteiger partial charge in [0.2, 0.25) is 0 Å². The third kappa shape index (κ3) is 6.32. The van der Waals surface area contributed by atoms with Crippen LogP contribution in [-0.4, -0.2) is 37.7 Å². The normalized spacial score (nSPS) is 10.9. The highest BCUT2D eigenvalue weighted by Crippen LogP contribution is 2.31. The zero-order valence-corrected chi connectivity index (χ0v) is 20.9. The van der Waals surface area contributed by atoms with Crippen LogP contribution < -0.4 is 25.0 Å². The van der Waals surface area contributed by atoms with E-state index in [2.05, 4.69) is 15.8 Å². The van der Waals surface area contributed by atoms with Gasteiger partial charge in [0, 0.05) is 5.56 Å². The highest BCUT2D eigenvalue weighted by Gasteiger charge is 2.18. The molecule has 0 aromatic heterocycles. The first-order valence-electron chi connectivity index (χ1n) is 10.4. The molecule has 3 rings (SSSR count). The average Bonchev–Trinajstić information content (AvgIpc) is 2.89. The van der Waals surface area contributed by atoms with E-state index >= 15 is 0 Å². The second kappa shape index (κ2) is 12.1. The lowest BCUT2D eigenvalue weighted by Crippen LogP contribution is -2.33. The molecule has 0 spiro atoms. The Bertz CT molecular complexity index is 1340. The molecule has 3 aromatic carbocycles. The van der Waals surface area contributed by atoms with E-state index in [9.17, 15) is 14.4 Å². The van der Waals surface area contributed by atoms with E-state index in [1.54, 1.807) is 55.5 Å². The summed E-state index contributed by atoms with van der Waals surface area (Å²) < 4.78 is 16.0. The number of ether oxygens (including phenoxy) is 3. The molecular formula is C25H21Cl2N3O6. The number of carbonyl (C=O) groups excluding carboxylic acids is 3. The van der Waals surface area contributed by atoms with Crippen molar-refractivity contribution in [2.45, 2.75) is 6.92 Å². The molecule has 0 aliphatic rings. The summed E-state index contributed by atoms with van der Waals surface area (Å²) >= 11 is 11.9. The summed E-state index contributed by atoms with van der Waals surface area (Å²) in [5.74, 6) is -1.82. The molecule has 36 heavy (non-hydrogen) atoms. The molecule has 3 aromatic rings. The number of nitrogens with zero attached hydrogens (tertiary/aromatic N) is 1. The van der Waals surface area contributed by atoms with Crippen molar-refractivity contribution in [3.05, 3.63) is 81.8 Å². The lowest BCUT2D eigenvalue weighted by Gasteiger charge is -2.12. The first-order chi connectivity index (χ1) is 17.2. The van der Waals surface area contributed by atoms with Crippen LogP contribution in [0.25, 0.3) is 0 Å². The number of para-hydroxylation sites is 1. The van der Waals surface area contributed by atoms with Crippen LogP contribution in [0.1, 0.15) is 22.8 Å². The van der Waals surface area contributed by atoms with E-state index in [0.29, 0.717) is 17.0 Å². The molecule has 0 bridgehead atoms. The maximum Gasteiger partial charge on any atom is 0.347 e. The van der Waals surface area contributed by atoms with Crippen LogP contribution in [-0.2, 0) is 9.59 Å². The fourth-order valence-electron chi connectivity index (χ4n) is 2.97. The minimum atomic E-state index is -1.01. The Labute approximate surface area is 216 Å². The molecule has 9 nitrogen and oxygen atoms in total. The molecule has 0 aliphatic heterocycles. The Hall–Kier alpha value is -4.08. The number of esters is 1. The largest absolute Gasteiger partial charge is 0.496 e. The van der Waals surface area contributed by atoms with E-state index in [-0.39, 0.29) is 32.8 Å². The van der Waals surface area contributed by atoms with Gasteiger partial charge in [0.15, 0.2) is 11.5 Å². The summed E-state index contributed by atoms with van der Waals surface area (Å²) in [6.45, 7) is 1.61. The smallest absolute Gasteiger partial charge is 0.347 e. The van der Waals surface area contributed by atoms with Crippen molar-refractivity contribution >= 4 is 52.4 Å². The van der Waals surface area contributed by atoms with Crippen LogP contribution >= 0.6 is 23.2 Å². The molecule has 0 atom stereocenters. The van der Waals surface area contributed by atoms with Gasteiger partial charge in [0.1, 0.15) is 11.3 Å². The Balaban J connectivity index is 1.69. The van der Waals surface area contributed by atoms with Gasteiger partial charge in [-0.1, -0.05) is 41.4 Å². The number of benzene rings is 3. The quantitative estimate of drug-likeness (QED) is 0.150. The number of methoxy groups -OCH3 is 2. The van der Waals surface area contributed by atoms with Crippen molar-refractivity contribution in [2.24, 2.45) is 5.10 Å². The first-order valence-corrected chi connectivity index (χ1v) is 11.1. The first kappa shape index (κ1) is 26.5. The number of nitrogens with one attached hydrogen (secondary N) is 2. The topological polar surface area (TPSA) is 115 Å². The van der Waals surface area contributed by atoms with E-state index in [1.165, 1.54) is 26.4 Å². The van der Waals surface area contributed by atoms with Crippen molar-refractivity contribution < 1.29 is 28.6 Å². The molecule has 0 fully saturated rings. The van der Waals surface area contributed by atoms with Crippen LogP contribution in [0.15, 0.2) is 65.8 Å². The van der Waals surface area contributed by atoms with Gasteiger partial charge >= 0.3 is 17.8 Å². The van der Waals surface area contributed by atoms with Gasteiger partial charge in [-0.3, -0.25) is 9.59 Å². The highest BCUT2D eigenvalue weighted by atomic mass is 35.5. The molecule has 0 aliphatic carbocycles. The summed E-state index contributed by atoms with van der Waals surface area (Å²) in [5.41, 5.74) is 3.52. The summed E-state index contributed by atoms with van der Waals surface area (Å²) in [7, 11) is 2.87. The monoisotopic (exact) mass is 529 g/mol. The Morgan fingerprint density at radius 2 is 1.56 bits per heavy atom. The summed E-state index contributed by atoms with van der Waals surface area (Å²) in [6, 6.07) is 16.0. The highest BCUT2D eigenvalue weighted by molar-refractivity contribution is 6.45. The lowest BCUT2D eigenvalue weighted by molar-refractivity contribution is -0.136. The number of halogens is 2. The molecular weight excluding hydrogens is 509 g/mol. The SMILES string of the molecule is COc1cc(/C(C)=N/NC(=O)C(=O)Nc2cccc(Cl)c2Cl)ccc1OC(=O)c1ccccc1OC. The van der Waals surface area contributed by atoms with E-state index in [0.717, 1.165) is 0 Å². The third-order valence-corrected chi connectivity index (χ3v) is 5.66. The molecule has 0 radical (unpaired) electrons. The molecule has 0 saturated heterocycles. The number of hydrazone groups is 1. The predicted octanol–water partition coefficient (Wildman–Crippen LogP) is 4.71. The van der Waals surface area contributed by atoms with Gasteiger partial charge in [-0.2, -0.15) is 5.10 Å². The summed E-state index contributed by atoms with van der Waals surface area (Å²) in [4.78, 5) is 36.9. The van der Waals surface area contributed by atoms with Crippen LogP contribution in [0.2, 0.25) is 10.0 Å². The minimum Gasteiger partial charge on any atom is -0.496 e. The lowest BCUT2D eigenvalue weighted by atomic mass is 10.1. The Morgan fingerprint density at radius 3 is 2.28 bits per heavy atom. The predicted molar refractivity (Wildman–Crippen MR) is 136 cm³/mol. The standard InChI is InChI=1S/C25H21Cl2N3O6/c1-14(29-30-24(32)23(31)28-18-9-6-8-17(26)22(18)27)15-11-12-20(21(13-15)35-3)36-25(33)16-7-4-5-10-19(16)34-2/h4-13H,1-3H3,(H,28,31)(H,30,32)/b29-14+. The number of rotatable bonds is 7. The van der Waals surface area contributed by atoms with Gasteiger partial charge in [-0.05, 0) is 49.4 Å². The maximum absolute atomic E-state index is 12.6. The van der Waals surface area contributed by atoms with Gasteiger partial charge in [0.05, 0.1) is 35.7 Å². The van der Waals surface area contributed by atoms with Gasteiger partial charge < -0.3 is 19.5 Å². The third-order valence-electron chi connectivity index (χ3n) is 4.84. The number of hydrogen-bond acceptors (Lipinski definition) is 7. The van der Waals surface area contributed by atoms with Crippen molar-refractivity contribution in [1.82, 2.24) is 5.43 Å². The van der Waals surface area contributed by atoms with Crippen LogP contribution in [0, 0.1) is 0 Å². The molecule has 0 saturated carbocycles. The fourth-order valence-corrected chi connectivity index (χ4v) is 3.32. The van der Waals surface area contributed by atoms with Crippen molar-refractivity contribution in [2.75, 3.05) is 19.5 Å². The van der Waals surface area contributed by atoms with Gasteiger partial charge in [0.25, 0.3) is 0 Å². The van der Waals surface area contributed by atoms with E-state index in [1.807, 2.05) is 0 Å². The molecule has 0 heterocycles. The van der Waals surface area contributed by atoms with E-state index in [4.69, 9.17) is 37.4 Å². The van der Waals surface area contributed by atoms with Crippen molar-refractivity contribution in [1.29, 1.82) is 0 Å². The van der Waals surface area contributed by atoms with Crippen LogP contribution in [0.3, 0.4) is 0 Å². The summed E-state index contributed by atoms with van der Waals surface area (Å²) in [6.07, 6.45) is 0. The molecule has 0 unspecified atom stereocenters. The number of carbonyl (C=O) groups is 3. The van der Waals surface area contributed by atoms with Gasteiger partial charge in [-0.15, -0.1) is 0 Å². The number of amides is 2. The van der Waals surface area contributed by atoms with Gasteiger partial charge in [-0.25, -0.2) is 10.2 Å². The zero-order valence-electron chi connectivity index (χ0n) is 19.4. The number of anilines is 1.